The van der Waals surface area contributed by atoms with Crippen LogP contribution in [-0.2, 0) is 14.3 Å². The van der Waals surface area contributed by atoms with Crippen LogP contribution < -0.4 is 5.32 Å². The molecule has 0 aromatic rings. The van der Waals surface area contributed by atoms with E-state index >= 15 is 0 Å². The summed E-state index contributed by atoms with van der Waals surface area (Å²) in [6.07, 6.45) is 26.7. The van der Waals surface area contributed by atoms with Crippen LogP contribution in [0.25, 0.3) is 0 Å². The fourth-order valence-corrected chi connectivity index (χ4v) is 6.05. The average molecular weight is 684 g/mol. The van der Waals surface area contributed by atoms with E-state index in [2.05, 4.69) is 31.3 Å². The average Bonchev–Trinajstić information content (AvgIpc) is 3.08. The van der Waals surface area contributed by atoms with Crippen molar-refractivity contribution < 1.29 is 39.8 Å². The van der Waals surface area contributed by atoms with E-state index < -0.39 is 49.5 Å². The van der Waals surface area contributed by atoms with Gasteiger partial charge in [-0.25, -0.2) is 0 Å². The number of allylic oxidation sites excluding steroid dienone is 3. The number of amides is 1. The van der Waals surface area contributed by atoms with Crippen LogP contribution in [-0.4, -0.2) is 87.5 Å². The van der Waals surface area contributed by atoms with E-state index in [1.54, 1.807) is 6.08 Å². The van der Waals surface area contributed by atoms with Crippen LogP contribution in [0.2, 0.25) is 0 Å². The van der Waals surface area contributed by atoms with Gasteiger partial charge < -0.3 is 40.3 Å². The number of carbonyl (C=O) groups is 1. The molecule has 0 spiro atoms. The Kier molecular flexibility index (Phi) is 28.4. The maximum absolute atomic E-state index is 12.7. The van der Waals surface area contributed by atoms with Crippen LogP contribution >= 0.6 is 0 Å². The van der Waals surface area contributed by atoms with Crippen molar-refractivity contribution in [1.82, 2.24) is 5.32 Å². The molecule has 6 N–H and O–H groups in total. The summed E-state index contributed by atoms with van der Waals surface area (Å²) in [4.78, 5) is 12.7. The minimum absolute atomic E-state index is 0.195. The fourth-order valence-electron chi connectivity index (χ4n) is 6.05. The van der Waals surface area contributed by atoms with Gasteiger partial charge in [-0.1, -0.05) is 147 Å². The van der Waals surface area contributed by atoms with E-state index in [9.17, 15) is 30.3 Å². The second-order valence-corrected chi connectivity index (χ2v) is 13.7. The van der Waals surface area contributed by atoms with Crippen molar-refractivity contribution >= 4 is 5.91 Å². The van der Waals surface area contributed by atoms with Gasteiger partial charge >= 0.3 is 0 Å². The predicted molar refractivity (Wildman–Crippen MR) is 193 cm³/mol. The highest BCUT2D eigenvalue weighted by atomic mass is 16.7. The minimum atomic E-state index is -1.57. The quantitative estimate of drug-likeness (QED) is 0.0346. The molecule has 9 heteroatoms. The van der Waals surface area contributed by atoms with E-state index in [0.717, 1.165) is 38.5 Å². The van der Waals surface area contributed by atoms with Crippen molar-refractivity contribution in [2.24, 2.45) is 0 Å². The zero-order valence-electron chi connectivity index (χ0n) is 30.5. The van der Waals surface area contributed by atoms with Crippen molar-refractivity contribution in [1.29, 1.82) is 0 Å². The molecule has 9 nitrogen and oxygen atoms in total. The zero-order valence-corrected chi connectivity index (χ0v) is 30.5. The third-order valence-corrected chi connectivity index (χ3v) is 9.28. The molecule has 0 bridgehead atoms. The van der Waals surface area contributed by atoms with E-state index in [0.29, 0.717) is 6.42 Å². The number of carbonyl (C=O) groups excluding carboxylic acids is 1. The van der Waals surface area contributed by atoms with Gasteiger partial charge in [0.15, 0.2) is 6.29 Å². The van der Waals surface area contributed by atoms with Gasteiger partial charge in [-0.05, 0) is 32.1 Å². The number of aliphatic hydroxyl groups is 5. The Bertz CT molecular complexity index is 807. The van der Waals surface area contributed by atoms with Gasteiger partial charge in [0.25, 0.3) is 0 Å². The molecule has 1 aliphatic heterocycles. The van der Waals surface area contributed by atoms with Crippen molar-refractivity contribution in [3.63, 3.8) is 0 Å². The Morgan fingerprint density at radius 2 is 1.19 bits per heavy atom. The number of nitrogens with one attached hydrogen (secondary N) is 1. The molecule has 1 aliphatic rings. The van der Waals surface area contributed by atoms with E-state index in [1.807, 2.05) is 6.08 Å². The summed E-state index contributed by atoms with van der Waals surface area (Å²) in [5, 5.41) is 53.7. The van der Waals surface area contributed by atoms with Gasteiger partial charge in [0, 0.05) is 6.42 Å². The predicted octanol–water partition coefficient (Wildman–Crippen LogP) is 6.77. The first kappa shape index (κ1) is 44.7. The standard InChI is InChI=1S/C39H73NO8/c1-3-5-7-9-11-12-13-14-15-16-17-18-19-20-21-23-24-26-28-33(42)32(40-35(43)29-27-25-22-10-8-6-4-2)31-47-39-38(46)37(45)36(44)34(30-41)48-39/h20-21,26,28,32-34,36-39,41-42,44-46H,3-19,22-25,27,29-31H2,1-2H3,(H,40,43)/b21-20+,28-26+. The highest BCUT2D eigenvalue weighted by Gasteiger charge is 2.44. The number of rotatable bonds is 31. The summed E-state index contributed by atoms with van der Waals surface area (Å²) in [7, 11) is 0. The summed E-state index contributed by atoms with van der Waals surface area (Å²) in [5.74, 6) is -0.195. The normalized spacial score (nSPS) is 22.9. The molecule has 1 saturated heterocycles. The third kappa shape index (κ3) is 21.7. The molecule has 1 rings (SSSR count). The van der Waals surface area contributed by atoms with E-state index in [4.69, 9.17) is 9.47 Å². The van der Waals surface area contributed by atoms with Gasteiger partial charge in [0.1, 0.15) is 24.4 Å². The van der Waals surface area contributed by atoms with Crippen LogP contribution in [0.3, 0.4) is 0 Å². The van der Waals surface area contributed by atoms with Crippen molar-refractivity contribution in [3.05, 3.63) is 24.3 Å². The molecule has 7 unspecified atom stereocenters. The summed E-state index contributed by atoms with van der Waals surface area (Å²) in [5.41, 5.74) is 0. The largest absolute Gasteiger partial charge is 0.394 e. The third-order valence-electron chi connectivity index (χ3n) is 9.28. The van der Waals surface area contributed by atoms with Crippen LogP contribution in [0.5, 0.6) is 0 Å². The first-order chi connectivity index (χ1) is 23.3. The highest BCUT2D eigenvalue weighted by molar-refractivity contribution is 5.76. The van der Waals surface area contributed by atoms with Crippen LogP contribution in [0.1, 0.15) is 162 Å². The first-order valence-electron chi connectivity index (χ1n) is 19.6. The minimum Gasteiger partial charge on any atom is -0.394 e. The number of ether oxygens (including phenoxy) is 2. The number of unbranched alkanes of at least 4 members (excludes halogenated alkanes) is 19. The molecular formula is C39H73NO8. The molecule has 7 atom stereocenters. The van der Waals surface area contributed by atoms with Gasteiger partial charge in [-0.2, -0.15) is 0 Å². The van der Waals surface area contributed by atoms with E-state index in [1.165, 1.54) is 103 Å². The van der Waals surface area contributed by atoms with Crippen molar-refractivity contribution in [2.45, 2.75) is 204 Å². The smallest absolute Gasteiger partial charge is 0.220 e. The lowest BCUT2D eigenvalue weighted by Gasteiger charge is -2.40. The van der Waals surface area contributed by atoms with Crippen molar-refractivity contribution in [2.75, 3.05) is 13.2 Å². The SMILES string of the molecule is CCCCCCCCCCCCCC/C=C/CC/C=C/C(O)C(COC1OC(CO)C(O)C(O)C1O)NC(=O)CCCCCCCCC. The summed E-state index contributed by atoms with van der Waals surface area (Å²) >= 11 is 0. The van der Waals surface area contributed by atoms with Crippen LogP contribution in [0.4, 0.5) is 0 Å². The molecule has 1 heterocycles. The maximum atomic E-state index is 12.7. The van der Waals surface area contributed by atoms with Gasteiger partial charge in [-0.15, -0.1) is 0 Å². The first-order valence-corrected chi connectivity index (χ1v) is 19.6. The molecule has 0 aromatic heterocycles. The Morgan fingerprint density at radius 3 is 1.75 bits per heavy atom. The van der Waals surface area contributed by atoms with Gasteiger partial charge in [0.2, 0.25) is 5.91 Å². The van der Waals surface area contributed by atoms with Gasteiger partial charge in [0.05, 0.1) is 25.4 Å². The Morgan fingerprint density at radius 1 is 0.688 bits per heavy atom. The maximum Gasteiger partial charge on any atom is 0.220 e. The number of aliphatic hydroxyl groups excluding tert-OH is 5. The molecule has 0 saturated carbocycles. The molecular weight excluding hydrogens is 610 g/mol. The highest BCUT2D eigenvalue weighted by Crippen LogP contribution is 2.22. The molecule has 0 aromatic carbocycles. The second kappa shape index (κ2) is 30.5. The Hall–Kier alpha value is -1.33. The molecule has 0 aliphatic carbocycles. The van der Waals surface area contributed by atoms with Crippen molar-refractivity contribution in [3.8, 4) is 0 Å². The monoisotopic (exact) mass is 684 g/mol. The topological polar surface area (TPSA) is 149 Å². The molecule has 1 fully saturated rings. The Labute approximate surface area is 292 Å². The van der Waals surface area contributed by atoms with Crippen LogP contribution in [0.15, 0.2) is 24.3 Å². The molecule has 48 heavy (non-hydrogen) atoms. The summed E-state index contributed by atoms with van der Waals surface area (Å²) in [6, 6.07) is -0.813. The van der Waals surface area contributed by atoms with E-state index in [-0.39, 0.29) is 12.5 Å². The fraction of sp³-hybridized carbons (Fsp3) is 0.872. The molecule has 1 amide bonds. The summed E-state index contributed by atoms with van der Waals surface area (Å²) < 4.78 is 11.1. The molecule has 282 valence electrons. The lowest BCUT2D eigenvalue weighted by Crippen LogP contribution is -2.60. The van der Waals surface area contributed by atoms with Crippen LogP contribution in [0, 0.1) is 0 Å². The number of hydrogen-bond acceptors (Lipinski definition) is 8. The zero-order chi connectivity index (χ0) is 35.2. The lowest BCUT2D eigenvalue weighted by molar-refractivity contribution is -0.302. The second-order valence-electron chi connectivity index (χ2n) is 13.7. The lowest BCUT2D eigenvalue weighted by atomic mass is 9.99. The summed E-state index contributed by atoms with van der Waals surface area (Å²) in [6.45, 7) is 3.68. The number of hydrogen-bond donors (Lipinski definition) is 6. The van der Waals surface area contributed by atoms with Gasteiger partial charge in [-0.3, -0.25) is 4.79 Å². The molecule has 0 radical (unpaired) electrons. The Balaban J connectivity index is 2.41.